The summed E-state index contributed by atoms with van der Waals surface area (Å²) in [5, 5.41) is 2.01. The predicted octanol–water partition coefficient (Wildman–Crippen LogP) is 5.61. The van der Waals surface area contributed by atoms with Gasteiger partial charge in [-0.05, 0) is 78.6 Å². The molecule has 36 heavy (non-hydrogen) atoms. The number of aryl methyl sites for hydroxylation is 2. The Balaban J connectivity index is 1.56. The number of nitrogens with zero attached hydrogens (tertiary/aromatic N) is 2. The highest BCUT2D eigenvalue weighted by atomic mass is 32.1. The van der Waals surface area contributed by atoms with Gasteiger partial charge in [0.2, 0.25) is 5.91 Å². The number of hydrogen-bond donors (Lipinski definition) is 0. The van der Waals surface area contributed by atoms with Gasteiger partial charge in [-0.25, -0.2) is 4.39 Å². The molecule has 0 saturated carbocycles. The second-order valence-electron chi connectivity index (χ2n) is 9.27. The van der Waals surface area contributed by atoms with Crippen LogP contribution >= 0.6 is 11.3 Å². The van der Waals surface area contributed by atoms with E-state index in [0.717, 1.165) is 40.8 Å². The van der Waals surface area contributed by atoms with Gasteiger partial charge in [0, 0.05) is 30.1 Å². The lowest BCUT2D eigenvalue weighted by Crippen LogP contribution is -2.45. The second-order valence-corrected chi connectivity index (χ2v) is 10.3. The van der Waals surface area contributed by atoms with E-state index < -0.39 is 0 Å². The summed E-state index contributed by atoms with van der Waals surface area (Å²) in [5.74, 6) is -0.632. The molecule has 1 unspecified atom stereocenters. The quantitative estimate of drug-likeness (QED) is 0.358. The molecular weight excluding hydrogens is 475 g/mol. The normalized spacial score (nSPS) is 15.1. The Morgan fingerprint density at radius 3 is 2.33 bits per heavy atom. The molecule has 190 valence electrons. The summed E-state index contributed by atoms with van der Waals surface area (Å²) >= 11 is 1.61. The van der Waals surface area contributed by atoms with E-state index in [2.05, 4.69) is 6.92 Å². The van der Waals surface area contributed by atoms with E-state index >= 15 is 0 Å². The standard InChI is InChI=1S/C29H33FN2O3S/c1-3-22-6-10-24(11-7-22)29(34)32(18-26-5-4-15-35-26)20-28(33)31(19-27-21(2)14-16-36-27)17-23-8-12-25(30)13-9-23/h6-14,16,26H,3-5,15,17-20H2,1-2H3. The Hall–Kier alpha value is -3.03. The van der Waals surface area contributed by atoms with Crippen LogP contribution in [0.3, 0.4) is 0 Å². The minimum absolute atomic E-state index is 0.0418. The van der Waals surface area contributed by atoms with Crippen LogP contribution in [0.5, 0.6) is 0 Å². The average Bonchev–Trinajstić information content (AvgIpc) is 3.55. The maximum Gasteiger partial charge on any atom is 0.254 e. The van der Waals surface area contributed by atoms with Crippen molar-refractivity contribution >= 4 is 23.2 Å². The number of rotatable bonds is 10. The number of benzene rings is 2. The summed E-state index contributed by atoms with van der Waals surface area (Å²) in [6, 6.07) is 15.8. The SMILES string of the molecule is CCc1ccc(C(=O)N(CC(=O)N(Cc2ccc(F)cc2)Cc2sccc2C)CC2CCCO2)cc1. The molecule has 1 saturated heterocycles. The van der Waals surface area contributed by atoms with Gasteiger partial charge >= 0.3 is 0 Å². The fourth-order valence-electron chi connectivity index (χ4n) is 4.36. The van der Waals surface area contributed by atoms with Crippen molar-refractivity contribution in [2.24, 2.45) is 0 Å². The van der Waals surface area contributed by atoms with Crippen LogP contribution in [0.15, 0.2) is 60.0 Å². The highest BCUT2D eigenvalue weighted by molar-refractivity contribution is 7.10. The van der Waals surface area contributed by atoms with Crippen LogP contribution in [-0.2, 0) is 29.0 Å². The zero-order valence-corrected chi connectivity index (χ0v) is 21.7. The second kappa shape index (κ2) is 12.3. The molecule has 7 heteroatoms. The molecule has 2 aromatic carbocycles. The van der Waals surface area contributed by atoms with Gasteiger partial charge in [-0.15, -0.1) is 11.3 Å². The molecule has 1 fully saturated rings. The first-order valence-corrected chi connectivity index (χ1v) is 13.4. The molecule has 1 atom stereocenters. The highest BCUT2D eigenvalue weighted by Crippen LogP contribution is 2.21. The lowest BCUT2D eigenvalue weighted by Gasteiger charge is -2.29. The average molecular weight is 509 g/mol. The zero-order valence-electron chi connectivity index (χ0n) is 20.9. The summed E-state index contributed by atoms with van der Waals surface area (Å²) in [5.41, 5.74) is 3.69. The fraction of sp³-hybridized carbons (Fsp3) is 0.379. The van der Waals surface area contributed by atoms with Crippen LogP contribution in [0.25, 0.3) is 0 Å². The molecule has 0 bridgehead atoms. The Labute approximate surface area is 216 Å². The zero-order chi connectivity index (χ0) is 25.5. The van der Waals surface area contributed by atoms with Crippen LogP contribution in [-0.4, -0.2) is 47.4 Å². The monoisotopic (exact) mass is 508 g/mol. The van der Waals surface area contributed by atoms with E-state index in [4.69, 9.17) is 4.74 Å². The molecule has 0 spiro atoms. The lowest BCUT2D eigenvalue weighted by molar-refractivity contribution is -0.133. The number of thiophene rings is 1. The van der Waals surface area contributed by atoms with Crippen LogP contribution in [0, 0.1) is 12.7 Å². The molecule has 0 aliphatic carbocycles. The molecule has 0 radical (unpaired) electrons. The van der Waals surface area contributed by atoms with Crippen molar-refractivity contribution in [1.82, 2.24) is 9.80 Å². The number of ether oxygens (including phenoxy) is 1. The first-order valence-electron chi connectivity index (χ1n) is 12.5. The van der Waals surface area contributed by atoms with Gasteiger partial charge in [0.05, 0.1) is 12.6 Å². The van der Waals surface area contributed by atoms with Crippen molar-refractivity contribution < 1.29 is 18.7 Å². The van der Waals surface area contributed by atoms with Crippen molar-refractivity contribution in [2.45, 2.75) is 52.3 Å². The molecule has 5 nitrogen and oxygen atoms in total. The Kier molecular flexibility index (Phi) is 8.88. The van der Waals surface area contributed by atoms with Gasteiger partial charge in [-0.2, -0.15) is 0 Å². The topological polar surface area (TPSA) is 49.9 Å². The summed E-state index contributed by atoms with van der Waals surface area (Å²) < 4.78 is 19.3. The molecule has 1 aromatic heterocycles. The third-order valence-electron chi connectivity index (χ3n) is 6.61. The molecule has 3 aromatic rings. The number of halogens is 1. The van der Waals surface area contributed by atoms with Gasteiger partial charge in [-0.3, -0.25) is 9.59 Å². The number of amides is 2. The molecule has 1 aliphatic rings. The van der Waals surface area contributed by atoms with Gasteiger partial charge < -0.3 is 14.5 Å². The Morgan fingerprint density at radius 1 is 1.00 bits per heavy atom. The minimum Gasteiger partial charge on any atom is -0.376 e. The lowest BCUT2D eigenvalue weighted by atomic mass is 10.1. The maximum absolute atomic E-state index is 13.7. The molecule has 1 aliphatic heterocycles. The van der Waals surface area contributed by atoms with E-state index in [-0.39, 0.29) is 30.3 Å². The Bertz CT molecular complexity index is 1150. The molecule has 0 N–H and O–H groups in total. The van der Waals surface area contributed by atoms with Crippen LogP contribution < -0.4 is 0 Å². The summed E-state index contributed by atoms with van der Waals surface area (Å²) in [4.78, 5) is 31.7. The molecular formula is C29H33FN2O3S. The van der Waals surface area contributed by atoms with Crippen molar-refractivity contribution in [3.63, 3.8) is 0 Å². The van der Waals surface area contributed by atoms with E-state index in [0.29, 0.717) is 31.8 Å². The van der Waals surface area contributed by atoms with Crippen molar-refractivity contribution in [3.05, 3.63) is 92.9 Å². The van der Waals surface area contributed by atoms with Crippen LogP contribution in [0.4, 0.5) is 4.39 Å². The number of hydrogen-bond acceptors (Lipinski definition) is 4. The van der Waals surface area contributed by atoms with Gasteiger partial charge in [0.25, 0.3) is 5.91 Å². The van der Waals surface area contributed by atoms with E-state index in [1.54, 1.807) is 33.3 Å². The first-order chi connectivity index (χ1) is 17.4. The number of carbonyl (C=O) groups excluding carboxylic acids is 2. The van der Waals surface area contributed by atoms with E-state index in [1.807, 2.05) is 42.6 Å². The first kappa shape index (κ1) is 26.0. The van der Waals surface area contributed by atoms with Crippen LogP contribution in [0.2, 0.25) is 0 Å². The predicted molar refractivity (Wildman–Crippen MR) is 140 cm³/mol. The van der Waals surface area contributed by atoms with Gasteiger partial charge in [0.15, 0.2) is 0 Å². The van der Waals surface area contributed by atoms with Crippen molar-refractivity contribution in [1.29, 1.82) is 0 Å². The van der Waals surface area contributed by atoms with Gasteiger partial charge in [0.1, 0.15) is 12.4 Å². The van der Waals surface area contributed by atoms with E-state index in [9.17, 15) is 14.0 Å². The van der Waals surface area contributed by atoms with Crippen LogP contribution in [0.1, 0.15) is 51.7 Å². The highest BCUT2D eigenvalue weighted by Gasteiger charge is 2.27. The van der Waals surface area contributed by atoms with Gasteiger partial charge in [-0.1, -0.05) is 31.2 Å². The third kappa shape index (κ3) is 6.80. The molecule has 4 rings (SSSR count). The number of carbonyl (C=O) groups is 2. The van der Waals surface area contributed by atoms with Crippen molar-refractivity contribution in [2.75, 3.05) is 19.7 Å². The third-order valence-corrected chi connectivity index (χ3v) is 7.62. The largest absolute Gasteiger partial charge is 0.376 e. The summed E-state index contributed by atoms with van der Waals surface area (Å²) in [6.45, 7) is 5.89. The molecule has 2 heterocycles. The maximum atomic E-state index is 13.7. The smallest absolute Gasteiger partial charge is 0.254 e. The Morgan fingerprint density at radius 2 is 1.72 bits per heavy atom. The fourth-order valence-corrected chi connectivity index (χ4v) is 5.28. The van der Waals surface area contributed by atoms with E-state index in [1.165, 1.54) is 12.1 Å². The molecule has 2 amide bonds. The van der Waals surface area contributed by atoms with Crippen molar-refractivity contribution in [3.8, 4) is 0 Å². The minimum atomic E-state index is -0.312. The summed E-state index contributed by atoms with van der Waals surface area (Å²) in [6.07, 6.45) is 2.66. The summed E-state index contributed by atoms with van der Waals surface area (Å²) in [7, 11) is 0.